The van der Waals surface area contributed by atoms with Crippen molar-refractivity contribution in [2.24, 2.45) is 5.41 Å². The number of hydrogen-bond donors (Lipinski definition) is 2. The van der Waals surface area contributed by atoms with Crippen LogP contribution in [0.1, 0.15) is 12.8 Å². The summed E-state index contributed by atoms with van der Waals surface area (Å²) in [6, 6.07) is 10.1. The Hall–Kier alpha value is -1.00. The summed E-state index contributed by atoms with van der Waals surface area (Å²) in [7, 11) is 0. The van der Waals surface area contributed by atoms with E-state index in [0.29, 0.717) is 6.54 Å². The molecule has 3 nitrogen and oxygen atoms in total. The van der Waals surface area contributed by atoms with Gasteiger partial charge in [0.2, 0.25) is 0 Å². The number of carboxylic acid groups (broad SMARTS) is 1. The van der Waals surface area contributed by atoms with Crippen LogP contribution in [0.15, 0.2) is 35.2 Å². The van der Waals surface area contributed by atoms with Crippen molar-refractivity contribution >= 4 is 17.7 Å². The monoisotopic (exact) mass is 251 g/mol. The fraction of sp³-hybridized carbons (Fsp3) is 0.462. The van der Waals surface area contributed by atoms with Crippen LogP contribution in [-0.2, 0) is 4.79 Å². The van der Waals surface area contributed by atoms with Crippen LogP contribution < -0.4 is 5.32 Å². The number of carbonyl (C=O) groups is 1. The molecule has 1 heterocycles. The smallest absolute Gasteiger partial charge is 0.311 e. The lowest BCUT2D eigenvalue weighted by Gasteiger charge is -2.22. The van der Waals surface area contributed by atoms with E-state index in [0.717, 1.165) is 25.1 Å². The molecular formula is C13H17NO2S. The number of aliphatic carboxylic acids is 1. The standard InChI is InChI=1S/C13H17NO2S/c15-12(16)13(6-8-14-10-13)7-9-17-11-4-2-1-3-5-11/h1-5,14H,6-10H2,(H,15,16). The van der Waals surface area contributed by atoms with Crippen LogP contribution in [0.3, 0.4) is 0 Å². The number of thioether (sulfide) groups is 1. The van der Waals surface area contributed by atoms with Crippen molar-refractivity contribution in [3.63, 3.8) is 0 Å². The van der Waals surface area contributed by atoms with Crippen LogP contribution >= 0.6 is 11.8 Å². The van der Waals surface area contributed by atoms with Crippen LogP contribution in [0.5, 0.6) is 0 Å². The molecule has 0 spiro atoms. The van der Waals surface area contributed by atoms with Crippen molar-refractivity contribution in [3.05, 3.63) is 30.3 Å². The van der Waals surface area contributed by atoms with Gasteiger partial charge in [0.25, 0.3) is 0 Å². The molecular weight excluding hydrogens is 234 g/mol. The van der Waals surface area contributed by atoms with E-state index in [-0.39, 0.29) is 0 Å². The van der Waals surface area contributed by atoms with Gasteiger partial charge in [-0.25, -0.2) is 0 Å². The minimum absolute atomic E-state index is 0.540. The molecule has 2 rings (SSSR count). The van der Waals surface area contributed by atoms with E-state index in [1.54, 1.807) is 11.8 Å². The van der Waals surface area contributed by atoms with Crippen LogP contribution in [0, 0.1) is 5.41 Å². The van der Waals surface area contributed by atoms with Gasteiger partial charge >= 0.3 is 5.97 Å². The van der Waals surface area contributed by atoms with Crippen LogP contribution in [0.2, 0.25) is 0 Å². The van der Waals surface area contributed by atoms with Gasteiger partial charge in [-0.3, -0.25) is 4.79 Å². The average molecular weight is 251 g/mol. The second-order valence-corrected chi connectivity index (χ2v) is 5.59. The van der Waals surface area contributed by atoms with Crippen molar-refractivity contribution in [1.82, 2.24) is 5.32 Å². The van der Waals surface area contributed by atoms with Gasteiger partial charge in [-0.05, 0) is 37.3 Å². The molecule has 92 valence electrons. The van der Waals surface area contributed by atoms with Crippen LogP contribution in [0.25, 0.3) is 0 Å². The third-order valence-corrected chi connectivity index (χ3v) is 4.30. The molecule has 4 heteroatoms. The zero-order valence-corrected chi connectivity index (χ0v) is 10.5. The lowest BCUT2D eigenvalue weighted by molar-refractivity contribution is -0.147. The summed E-state index contributed by atoms with van der Waals surface area (Å²) >= 11 is 1.73. The Morgan fingerprint density at radius 1 is 1.41 bits per heavy atom. The molecule has 0 aromatic heterocycles. The van der Waals surface area contributed by atoms with Gasteiger partial charge in [-0.2, -0.15) is 0 Å². The predicted octanol–water partition coefficient (Wildman–Crippen LogP) is 2.23. The molecule has 1 aromatic rings. The molecule has 1 aliphatic rings. The molecule has 0 radical (unpaired) electrons. The molecule has 1 fully saturated rings. The second kappa shape index (κ2) is 5.56. The Balaban J connectivity index is 1.87. The second-order valence-electron chi connectivity index (χ2n) is 4.42. The Morgan fingerprint density at radius 2 is 2.18 bits per heavy atom. The summed E-state index contributed by atoms with van der Waals surface area (Å²) in [5.41, 5.74) is -0.540. The maximum absolute atomic E-state index is 11.3. The van der Waals surface area contributed by atoms with E-state index in [1.807, 2.05) is 18.2 Å². The Bertz CT molecular complexity index is 374. The predicted molar refractivity (Wildman–Crippen MR) is 69.3 cm³/mol. The topological polar surface area (TPSA) is 49.3 Å². The summed E-state index contributed by atoms with van der Waals surface area (Å²) < 4.78 is 0. The summed E-state index contributed by atoms with van der Waals surface area (Å²) in [4.78, 5) is 12.5. The molecule has 17 heavy (non-hydrogen) atoms. The summed E-state index contributed by atoms with van der Waals surface area (Å²) in [6.07, 6.45) is 1.48. The fourth-order valence-electron chi connectivity index (χ4n) is 2.13. The normalized spacial score (nSPS) is 23.8. The molecule has 0 bridgehead atoms. The molecule has 0 aliphatic carbocycles. The highest BCUT2D eigenvalue weighted by Crippen LogP contribution is 2.32. The quantitative estimate of drug-likeness (QED) is 0.788. The van der Waals surface area contributed by atoms with Crippen molar-refractivity contribution in [3.8, 4) is 0 Å². The van der Waals surface area contributed by atoms with Crippen molar-refractivity contribution in [1.29, 1.82) is 0 Å². The first-order valence-corrected chi connectivity index (χ1v) is 6.83. The maximum Gasteiger partial charge on any atom is 0.311 e. The molecule has 1 saturated heterocycles. The number of rotatable bonds is 5. The Labute approximate surface area is 106 Å². The molecule has 1 unspecified atom stereocenters. The fourth-order valence-corrected chi connectivity index (χ4v) is 3.21. The van der Waals surface area contributed by atoms with Gasteiger partial charge in [-0.15, -0.1) is 11.8 Å². The first kappa shape index (κ1) is 12.5. The van der Waals surface area contributed by atoms with Gasteiger partial charge < -0.3 is 10.4 Å². The van der Waals surface area contributed by atoms with Gasteiger partial charge in [0, 0.05) is 11.4 Å². The Kier molecular flexibility index (Phi) is 4.07. The van der Waals surface area contributed by atoms with Crippen LogP contribution in [0.4, 0.5) is 0 Å². The number of carboxylic acids is 1. The van der Waals surface area contributed by atoms with E-state index in [9.17, 15) is 9.90 Å². The summed E-state index contributed by atoms with van der Waals surface area (Å²) in [6.45, 7) is 1.43. The first-order chi connectivity index (χ1) is 8.23. The van der Waals surface area contributed by atoms with Gasteiger partial charge in [0.15, 0.2) is 0 Å². The summed E-state index contributed by atoms with van der Waals surface area (Å²) in [5, 5.41) is 12.5. The minimum Gasteiger partial charge on any atom is -0.481 e. The molecule has 1 atom stereocenters. The molecule has 0 saturated carbocycles. The van der Waals surface area contributed by atoms with E-state index < -0.39 is 11.4 Å². The largest absolute Gasteiger partial charge is 0.481 e. The van der Waals surface area contributed by atoms with Gasteiger partial charge in [-0.1, -0.05) is 18.2 Å². The van der Waals surface area contributed by atoms with E-state index in [1.165, 1.54) is 4.90 Å². The number of benzene rings is 1. The van der Waals surface area contributed by atoms with Gasteiger partial charge in [0.1, 0.15) is 0 Å². The molecule has 1 aromatic carbocycles. The van der Waals surface area contributed by atoms with E-state index >= 15 is 0 Å². The average Bonchev–Trinajstić information content (AvgIpc) is 2.80. The lowest BCUT2D eigenvalue weighted by atomic mass is 9.84. The van der Waals surface area contributed by atoms with Crippen molar-refractivity contribution in [2.45, 2.75) is 17.7 Å². The van der Waals surface area contributed by atoms with Crippen molar-refractivity contribution < 1.29 is 9.90 Å². The third-order valence-electron chi connectivity index (χ3n) is 3.29. The maximum atomic E-state index is 11.3. The first-order valence-electron chi connectivity index (χ1n) is 5.85. The summed E-state index contributed by atoms with van der Waals surface area (Å²) in [5.74, 6) is 0.203. The third kappa shape index (κ3) is 3.01. The Morgan fingerprint density at radius 3 is 2.76 bits per heavy atom. The van der Waals surface area contributed by atoms with Crippen LogP contribution in [-0.4, -0.2) is 29.9 Å². The number of hydrogen-bond acceptors (Lipinski definition) is 3. The highest BCUT2D eigenvalue weighted by atomic mass is 32.2. The SMILES string of the molecule is O=C(O)C1(CCSc2ccccc2)CCNC1. The number of nitrogens with one attached hydrogen (secondary N) is 1. The zero-order chi connectivity index (χ0) is 12.1. The zero-order valence-electron chi connectivity index (χ0n) is 9.69. The van der Waals surface area contributed by atoms with E-state index in [4.69, 9.17) is 0 Å². The highest BCUT2D eigenvalue weighted by molar-refractivity contribution is 7.99. The highest BCUT2D eigenvalue weighted by Gasteiger charge is 2.40. The van der Waals surface area contributed by atoms with Crippen molar-refractivity contribution in [2.75, 3.05) is 18.8 Å². The minimum atomic E-state index is -0.656. The molecule has 1 aliphatic heterocycles. The van der Waals surface area contributed by atoms with E-state index in [2.05, 4.69) is 17.4 Å². The molecule has 2 N–H and O–H groups in total. The molecule has 0 amide bonds. The lowest BCUT2D eigenvalue weighted by Crippen LogP contribution is -2.33. The van der Waals surface area contributed by atoms with Gasteiger partial charge in [0.05, 0.1) is 5.41 Å².